The number of amides is 1. The summed E-state index contributed by atoms with van der Waals surface area (Å²) in [4.78, 5) is 15.0. The maximum absolute atomic E-state index is 12.6. The lowest BCUT2D eigenvalue weighted by Gasteiger charge is -2.27. The summed E-state index contributed by atoms with van der Waals surface area (Å²) in [6.07, 6.45) is 5.70. The first-order valence-corrected chi connectivity index (χ1v) is 9.77. The summed E-state index contributed by atoms with van der Waals surface area (Å²) in [5.74, 6) is 0.548. The third-order valence-corrected chi connectivity index (χ3v) is 5.16. The molecule has 1 saturated carbocycles. The summed E-state index contributed by atoms with van der Waals surface area (Å²) in [7, 11) is 0. The minimum Gasteiger partial charge on any atom is -0.490 e. The Morgan fingerprint density at radius 1 is 1.28 bits per heavy atom. The summed E-state index contributed by atoms with van der Waals surface area (Å²) in [6.45, 7) is 5.96. The van der Waals surface area contributed by atoms with Crippen molar-refractivity contribution in [2.45, 2.75) is 38.2 Å². The molecule has 1 aromatic carbocycles. The summed E-state index contributed by atoms with van der Waals surface area (Å²) < 4.78 is 6.05. The predicted octanol–water partition coefficient (Wildman–Crippen LogP) is 2.69. The van der Waals surface area contributed by atoms with Gasteiger partial charge in [-0.25, -0.2) is 0 Å². The van der Waals surface area contributed by atoms with Gasteiger partial charge >= 0.3 is 0 Å². The minimum absolute atomic E-state index is 0.101. The van der Waals surface area contributed by atoms with Crippen LogP contribution < -0.4 is 15.4 Å². The topological polar surface area (TPSA) is 53.6 Å². The van der Waals surface area contributed by atoms with E-state index in [0.717, 1.165) is 52.0 Å². The monoisotopic (exact) mass is 365 g/mol. The molecule has 0 bridgehead atoms. The Kier molecular flexibility index (Phi) is 6.96. The molecule has 0 radical (unpaired) electrons. The quantitative estimate of drug-likeness (QED) is 0.729. The molecule has 1 aromatic rings. The SMILES string of the molecule is O=C(NCCCN1CCNCC1)c1cc(Cl)ccc1OC1CCCC1. The summed E-state index contributed by atoms with van der Waals surface area (Å²) in [5, 5.41) is 6.92. The fourth-order valence-corrected chi connectivity index (χ4v) is 3.67. The third-order valence-electron chi connectivity index (χ3n) is 4.93. The van der Waals surface area contributed by atoms with E-state index in [1.807, 2.05) is 6.07 Å². The van der Waals surface area contributed by atoms with Gasteiger partial charge in [0.05, 0.1) is 11.7 Å². The second kappa shape index (κ2) is 9.41. The number of halogens is 1. The molecule has 1 heterocycles. The van der Waals surface area contributed by atoms with Crippen LogP contribution in [0.2, 0.25) is 5.02 Å². The van der Waals surface area contributed by atoms with Crippen LogP contribution in [0.1, 0.15) is 42.5 Å². The fourth-order valence-electron chi connectivity index (χ4n) is 3.50. The van der Waals surface area contributed by atoms with Gasteiger partial charge in [-0.2, -0.15) is 0 Å². The zero-order valence-electron chi connectivity index (χ0n) is 14.7. The van der Waals surface area contributed by atoms with Gasteiger partial charge in [0.1, 0.15) is 5.75 Å². The van der Waals surface area contributed by atoms with Gasteiger partial charge in [-0.15, -0.1) is 0 Å². The second-order valence-corrected chi connectivity index (χ2v) is 7.30. The Bertz CT molecular complexity index is 570. The van der Waals surface area contributed by atoms with Crippen LogP contribution >= 0.6 is 11.6 Å². The van der Waals surface area contributed by atoms with Crippen molar-refractivity contribution in [2.24, 2.45) is 0 Å². The molecule has 5 nitrogen and oxygen atoms in total. The Balaban J connectivity index is 1.50. The van der Waals surface area contributed by atoms with Gasteiger partial charge in [-0.1, -0.05) is 11.6 Å². The average Bonchev–Trinajstić information content (AvgIpc) is 3.14. The van der Waals surface area contributed by atoms with E-state index in [9.17, 15) is 4.79 Å². The standard InChI is InChI=1S/C19H28ClN3O2/c20-15-6-7-18(25-16-4-1-2-5-16)17(14-15)19(24)22-8-3-11-23-12-9-21-10-13-23/h6-7,14,16,21H,1-5,8-13H2,(H,22,24). The first-order valence-electron chi connectivity index (χ1n) is 9.40. The molecule has 0 atom stereocenters. The molecule has 2 N–H and O–H groups in total. The van der Waals surface area contributed by atoms with Crippen LogP contribution in [-0.2, 0) is 0 Å². The first-order chi connectivity index (χ1) is 12.2. The Hall–Kier alpha value is -1.30. The smallest absolute Gasteiger partial charge is 0.255 e. The van der Waals surface area contributed by atoms with Gasteiger partial charge in [-0.05, 0) is 56.8 Å². The Labute approximate surface area is 155 Å². The van der Waals surface area contributed by atoms with Gasteiger partial charge in [0.2, 0.25) is 0 Å². The Morgan fingerprint density at radius 2 is 2.04 bits per heavy atom. The van der Waals surface area contributed by atoms with Crippen molar-refractivity contribution in [1.82, 2.24) is 15.5 Å². The molecular formula is C19H28ClN3O2. The molecule has 2 aliphatic rings. The van der Waals surface area contributed by atoms with Gasteiger partial charge in [0.25, 0.3) is 5.91 Å². The third kappa shape index (κ3) is 5.59. The summed E-state index contributed by atoms with van der Waals surface area (Å²) in [5.41, 5.74) is 0.543. The molecule has 138 valence electrons. The molecular weight excluding hydrogens is 338 g/mol. The highest BCUT2D eigenvalue weighted by atomic mass is 35.5. The molecule has 2 fully saturated rings. The number of hydrogen-bond donors (Lipinski definition) is 2. The molecule has 1 aliphatic carbocycles. The van der Waals surface area contributed by atoms with E-state index < -0.39 is 0 Å². The molecule has 1 aliphatic heterocycles. The average molecular weight is 366 g/mol. The van der Waals surface area contributed by atoms with Crippen LogP contribution in [0.25, 0.3) is 0 Å². The Morgan fingerprint density at radius 3 is 2.80 bits per heavy atom. The van der Waals surface area contributed by atoms with E-state index in [2.05, 4.69) is 15.5 Å². The molecule has 1 amide bonds. The van der Waals surface area contributed by atoms with Crippen LogP contribution in [0.15, 0.2) is 18.2 Å². The second-order valence-electron chi connectivity index (χ2n) is 6.87. The molecule has 25 heavy (non-hydrogen) atoms. The van der Waals surface area contributed by atoms with Crippen molar-refractivity contribution in [2.75, 3.05) is 39.3 Å². The van der Waals surface area contributed by atoms with Crippen molar-refractivity contribution in [1.29, 1.82) is 0 Å². The van der Waals surface area contributed by atoms with Gasteiger partial charge in [0, 0.05) is 37.7 Å². The molecule has 3 rings (SSSR count). The van der Waals surface area contributed by atoms with Gasteiger partial charge in [-0.3, -0.25) is 4.79 Å². The van der Waals surface area contributed by atoms with Crippen molar-refractivity contribution in [3.05, 3.63) is 28.8 Å². The molecule has 1 saturated heterocycles. The van der Waals surface area contributed by atoms with Crippen molar-refractivity contribution in [3.63, 3.8) is 0 Å². The van der Waals surface area contributed by atoms with Crippen molar-refractivity contribution in [3.8, 4) is 5.75 Å². The first kappa shape index (κ1) is 18.5. The highest BCUT2D eigenvalue weighted by Crippen LogP contribution is 2.28. The maximum atomic E-state index is 12.6. The lowest BCUT2D eigenvalue weighted by atomic mass is 10.1. The fraction of sp³-hybridized carbons (Fsp3) is 0.632. The van der Waals surface area contributed by atoms with Crippen LogP contribution in [-0.4, -0.2) is 56.2 Å². The number of carbonyl (C=O) groups excluding carboxylic acids is 1. The number of hydrogen-bond acceptors (Lipinski definition) is 4. The number of ether oxygens (including phenoxy) is 1. The molecule has 0 unspecified atom stereocenters. The number of carbonyl (C=O) groups is 1. The number of nitrogens with zero attached hydrogens (tertiary/aromatic N) is 1. The zero-order valence-corrected chi connectivity index (χ0v) is 15.5. The van der Waals surface area contributed by atoms with Crippen molar-refractivity contribution >= 4 is 17.5 Å². The van der Waals surface area contributed by atoms with Crippen LogP contribution in [0.3, 0.4) is 0 Å². The predicted molar refractivity (Wildman–Crippen MR) is 101 cm³/mol. The summed E-state index contributed by atoms with van der Waals surface area (Å²) >= 11 is 6.09. The highest BCUT2D eigenvalue weighted by Gasteiger charge is 2.20. The number of nitrogens with one attached hydrogen (secondary N) is 2. The molecule has 0 aromatic heterocycles. The lowest BCUT2D eigenvalue weighted by Crippen LogP contribution is -2.44. The number of rotatable bonds is 7. The van der Waals surface area contributed by atoms with E-state index in [0.29, 0.717) is 22.9 Å². The minimum atomic E-state index is -0.101. The number of piperazine rings is 1. The van der Waals surface area contributed by atoms with E-state index in [-0.39, 0.29) is 12.0 Å². The number of benzene rings is 1. The molecule has 0 spiro atoms. The highest BCUT2D eigenvalue weighted by molar-refractivity contribution is 6.31. The van der Waals surface area contributed by atoms with Crippen LogP contribution in [0.4, 0.5) is 0 Å². The van der Waals surface area contributed by atoms with Crippen LogP contribution in [0.5, 0.6) is 5.75 Å². The largest absolute Gasteiger partial charge is 0.490 e. The maximum Gasteiger partial charge on any atom is 0.255 e. The molecule has 6 heteroatoms. The van der Waals surface area contributed by atoms with Crippen LogP contribution in [0, 0.1) is 0 Å². The van der Waals surface area contributed by atoms with E-state index in [4.69, 9.17) is 16.3 Å². The van der Waals surface area contributed by atoms with E-state index in [1.165, 1.54) is 12.8 Å². The zero-order chi connectivity index (χ0) is 17.5. The van der Waals surface area contributed by atoms with E-state index in [1.54, 1.807) is 12.1 Å². The van der Waals surface area contributed by atoms with Crippen molar-refractivity contribution < 1.29 is 9.53 Å². The van der Waals surface area contributed by atoms with E-state index >= 15 is 0 Å². The normalized spacial score (nSPS) is 19.1. The summed E-state index contributed by atoms with van der Waals surface area (Å²) in [6, 6.07) is 5.31. The van der Waals surface area contributed by atoms with Gasteiger partial charge in [0.15, 0.2) is 0 Å². The van der Waals surface area contributed by atoms with Gasteiger partial charge < -0.3 is 20.3 Å². The lowest BCUT2D eigenvalue weighted by molar-refractivity contribution is 0.0944.